The van der Waals surface area contributed by atoms with E-state index in [4.69, 9.17) is 5.73 Å². The van der Waals surface area contributed by atoms with Crippen LogP contribution in [-0.4, -0.2) is 12.5 Å². The van der Waals surface area contributed by atoms with E-state index < -0.39 is 0 Å². The van der Waals surface area contributed by atoms with Crippen LogP contribution in [0.2, 0.25) is 0 Å². The number of nitrogens with two attached hydrogens (primary N) is 1. The lowest BCUT2D eigenvalue weighted by molar-refractivity contribution is 0.552. The molecule has 0 spiro atoms. The highest BCUT2D eigenvalue weighted by molar-refractivity contribution is 9.10. The molecule has 1 aromatic rings. The Morgan fingerprint density at radius 1 is 1.20 bits per heavy atom. The first-order chi connectivity index (χ1) is 6.90. The minimum absolute atomic E-state index is 0.288. The van der Waals surface area contributed by atoms with E-state index in [1.165, 1.54) is 9.79 Å². The van der Waals surface area contributed by atoms with Gasteiger partial charge in [-0.05, 0) is 60.0 Å². The summed E-state index contributed by atoms with van der Waals surface area (Å²) in [6.45, 7) is 4.05. The Bertz CT molecular complexity index is 358. The fourth-order valence-corrected chi connectivity index (χ4v) is 3.92. The Labute approximate surface area is 109 Å². The third kappa shape index (κ3) is 3.16. The fourth-order valence-electron chi connectivity index (χ4n) is 1.29. The summed E-state index contributed by atoms with van der Waals surface area (Å²) in [7, 11) is 0. The van der Waals surface area contributed by atoms with Crippen molar-refractivity contribution in [2.45, 2.75) is 29.2 Å². The Morgan fingerprint density at radius 2 is 1.80 bits per heavy atom. The predicted octanol–water partition coefficient (Wildman–Crippen LogP) is 4.09. The van der Waals surface area contributed by atoms with Crippen molar-refractivity contribution in [2.24, 2.45) is 5.73 Å². The minimum atomic E-state index is -0.288. The normalized spacial score (nSPS) is 11.9. The van der Waals surface area contributed by atoms with E-state index in [9.17, 15) is 0 Å². The topological polar surface area (TPSA) is 26.0 Å². The maximum Gasteiger partial charge on any atom is 0.0353 e. The van der Waals surface area contributed by atoms with Crippen molar-refractivity contribution in [3.63, 3.8) is 0 Å². The lowest BCUT2D eigenvalue weighted by atomic mass is 9.96. The monoisotopic (exact) mass is 305 g/mol. The molecule has 0 unspecified atom stereocenters. The highest BCUT2D eigenvalue weighted by Crippen LogP contribution is 2.37. The molecule has 0 fully saturated rings. The van der Waals surface area contributed by atoms with E-state index in [-0.39, 0.29) is 5.54 Å². The molecule has 15 heavy (non-hydrogen) atoms. The average Bonchev–Trinajstić information content (AvgIpc) is 2.15. The van der Waals surface area contributed by atoms with Crippen LogP contribution in [-0.2, 0) is 5.54 Å². The number of rotatable bonds is 3. The molecule has 4 heteroatoms. The van der Waals surface area contributed by atoms with Crippen molar-refractivity contribution in [1.82, 2.24) is 0 Å². The van der Waals surface area contributed by atoms with Gasteiger partial charge in [0.15, 0.2) is 0 Å². The highest BCUT2D eigenvalue weighted by Gasteiger charge is 2.17. The van der Waals surface area contributed by atoms with Gasteiger partial charge in [-0.15, -0.1) is 23.5 Å². The van der Waals surface area contributed by atoms with E-state index in [1.807, 2.05) is 13.8 Å². The Balaban J connectivity index is 3.32. The first kappa shape index (κ1) is 13.4. The van der Waals surface area contributed by atoms with Crippen LogP contribution in [0.25, 0.3) is 0 Å². The molecule has 0 saturated carbocycles. The summed E-state index contributed by atoms with van der Waals surface area (Å²) in [5.74, 6) is 0. The SMILES string of the molecule is CSc1cc(C(C)(C)N)cc(Br)c1SC. The molecule has 0 aliphatic rings. The molecule has 1 aromatic carbocycles. The number of thioether (sulfide) groups is 2. The molecule has 0 bridgehead atoms. The molecule has 0 aliphatic carbocycles. The van der Waals surface area contributed by atoms with Crippen LogP contribution in [0.5, 0.6) is 0 Å². The Morgan fingerprint density at radius 3 is 2.20 bits per heavy atom. The van der Waals surface area contributed by atoms with Gasteiger partial charge in [-0.1, -0.05) is 0 Å². The van der Waals surface area contributed by atoms with Gasteiger partial charge in [0.25, 0.3) is 0 Å². The smallest absolute Gasteiger partial charge is 0.0353 e. The number of benzene rings is 1. The zero-order valence-electron chi connectivity index (χ0n) is 9.43. The molecule has 0 radical (unpaired) electrons. The van der Waals surface area contributed by atoms with E-state index in [1.54, 1.807) is 23.5 Å². The summed E-state index contributed by atoms with van der Waals surface area (Å²) in [5.41, 5.74) is 6.98. The minimum Gasteiger partial charge on any atom is -0.322 e. The molecule has 0 aliphatic heterocycles. The van der Waals surface area contributed by atoms with E-state index in [2.05, 4.69) is 40.6 Å². The van der Waals surface area contributed by atoms with Crippen molar-refractivity contribution in [1.29, 1.82) is 0 Å². The first-order valence-electron chi connectivity index (χ1n) is 4.61. The maximum absolute atomic E-state index is 6.10. The molecular formula is C11H16BrNS2. The van der Waals surface area contributed by atoms with Gasteiger partial charge >= 0.3 is 0 Å². The van der Waals surface area contributed by atoms with Gasteiger partial charge in [-0.2, -0.15) is 0 Å². The molecule has 1 rings (SSSR count). The lowest BCUT2D eigenvalue weighted by Gasteiger charge is -2.21. The average molecular weight is 306 g/mol. The van der Waals surface area contributed by atoms with Crippen molar-refractivity contribution in [2.75, 3.05) is 12.5 Å². The summed E-state index contributed by atoms with van der Waals surface area (Å²) in [4.78, 5) is 2.57. The Kier molecular flexibility index (Phi) is 4.59. The second-order valence-corrected chi connectivity index (χ2v) is 6.43. The van der Waals surface area contributed by atoms with Crippen molar-refractivity contribution >= 4 is 39.5 Å². The zero-order valence-corrected chi connectivity index (χ0v) is 12.6. The molecule has 0 atom stereocenters. The first-order valence-corrected chi connectivity index (χ1v) is 7.85. The van der Waals surface area contributed by atoms with Crippen LogP contribution in [0.15, 0.2) is 26.4 Å². The Hall–Kier alpha value is 0.360. The molecule has 0 heterocycles. The van der Waals surface area contributed by atoms with Crippen LogP contribution >= 0.6 is 39.5 Å². The van der Waals surface area contributed by atoms with Gasteiger partial charge in [0, 0.05) is 19.8 Å². The van der Waals surface area contributed by atoms with Gasteiger partial charge in [0.1, 0.15) is 0 Å². The van der Waals surface area contributed by atoms with Crippen molar-refractivity contribution in [3.05, 3.63) is 22.2 Å². The van der Waals surface area contributed by atoms with Gasteiger partial charge < -0.3 is 5.73 Å². The predicted molar refractivity (Wildman–Crippen MR) is 74.9 cm³/mol. The van der Waals surface area contributed by atoms with Crippen LogP contribution < -0.4 is 5.73 Å². The fraction of sp³-hybridized carbons (Fsp3) is 0.455. The van der Waals surface area contributed by atoms with Gasteiger partial charge in [-0.3, -0.25) is 0 Å². The lowest BCUT2D eigenvalue weighted by Crippen LogP contribution is -2.28. The molecule has 0 saturated heterocycles. The standard InChI is InChI=1S/C11H16BrNS2/c1-11(2,13)7-5-8(12)10(15-4)9(6-7)14-3/h5-6H,13H2,1-4H3. The van der Waals surface area contributed by atoms with Crippen molar-refractivity contribution < 1.29 is 0 Å². The quantitative estimate of drug-likeness (QED) is 0.852. The van der Waals surface area contributed by atoms with E-state index in [0.29, 0.717) is 0 Å². The highest BCUT2D eigenvalue weighted by atomic mass is 79.9. The number of halogens is 1. The molecule has 84 valence electrons. The van der Waals surface area contributed by atoms with Gasteiger partial charge in [0.05, 0.1) is 0 Å². The third-order valence-electron chi connectivity index (χ3n) is 2.18. The molecule has 0 aromatic heterocycles. The van der Waals surface area contributed by atoms with Crippen molar-refractivity contribution in [3.8, 4) is 0 Å². The van der Waals surface area contributed by atoms with Crippen LogP contribution in [0, 0.1) is 0 Å². The second kappa shape index (κ2) is 5.13. The molecule has 2 N–H and O–H groups in total. The molecule has 1 nitrogen and oxygen atoms in total. The van der Waals surface area contributed by atoms with Crippen LogP contribution in [0.1, 0.15) is 19.4 Å². The third-order valence-corrected chi connectivity index (χ3v) is 4.80. The summed E-state index contributed by atoms with van der Waals surface area (Å²) in [5, 5.41) is 0. The second-order valence-electron chi connectivity index (χ2n) is 3.92. The van der Waals surface area contributed by atoms with E-state index in [0.717, 1.165) is 10.0 Å². The van der Waals surface area contributed by atoms with Crippen LogP contribution in [0.3, 0.4) is 0 Å². The van der Waals surface area contributed by atoms with Crippen LogP contribution in [0.4, 0.5) is 0 Å². The summed E-state index contributed by atoms with van der Waals surface area (Å²) in [6, 6.07) is 4.30. The zero-order chi connectivity index (χ0) is 11.6. The van der Waals surface area contributed by atoms with Gasteiger partial charge in [-0.25, -0.2) is 0 Å². The molecular weight excluding hydrogens is 290 g/mol. The van der Waals surface area contributed by atoms with E-state index >= 15 is 0 Å². The maximum atomic E-state index is 6.10. The summed E-state index contributed by atoms with van der Waals surface area (Å²) < 4.78 is 1.13. The number of hydrogen-bond donors (Lipinski definition) is 1. The molecule has 0 amide bonds. The number of hydrogen-bond acceptors (Lipinski definition) is 3. The largest absolute Gasteiger partial charge is 0.322 e. The van der Waals surface area contributed by atoms with Gasteiger partial charge in [0.2, 0.25) is 0 Å². The summed E-state index contributed by atoms with van der Waals surface area (Å²) >= 11 is 7.12. The summed E-state index contributed by atoms with van der Waals surface area (Å²) in [6.07, 6.45) is 4.18.